The van der Waals surface area contributed by atoms with E-state index < -0.39 is 34.6 Å². The Balaban J connectivity index is 1.54. The zero-order valence-electron chi connectivity index (χ0n) is 13.1. The highest BCUT2D eigenvalue weighted by Crippen LogP contribution is 2.32. The molecule has 1 aliphatic heterocycles. The summed E-state index contributed by atoms with van der Waals surface area (Å²) < 4.78 is 33.3. The highest BCUT2D eigenvalue weighted by atomic mass is 32.2. The number of nitrogens with one attached hydrogen (secondary N) is 1. The summed E-state index contributed by atoms with van der Waals surface area (Å²) in [5, 5.41) is 20.1. The number of hydrogen-bond acceptors (Lipinski definition) is 9. The van der Waals surface area contributed by atoms with Gasteiger partial charge in [-0.1, -0.05) is 0 Å². The second kappa shape index (κ2) is 5.85. The fourth-order valence-electron chi connectivity index (χ4n) is 2.88. The Hall–Kier alpha value is -1.86. The molecular formula is C13H18N6O5S. The number of sulfonamides is 1. The molecule has 2 aliphatic rings. The van der Waals surface area contributed by atoms with E-state index in [4.69, 9.17) is 10.5 Å². The third-order valence-corrected chi connectivity index (χ3v) is 6.37. The largest absolute Gasteiger partial charge is 0.387 e. The van der Waals surface area contributed by atoms with E-state index in [1.54, 1.807) is 0 Å². The number of ether oxygens (including phenoxy) is 1. The van der Waals surface area contributed by atoms with Gasteiger partial charge in [0.15, 0.2) is 17.7 Å². The van der Waals surface area contributed by atoms with Crippen LogP contribution in [0.5, 0.6) is 0 Å². The molecule has 136 valence electrons. The van der Waals surface area contributed by atoms with Crippen LogP contribution in [0.3, 0.4) is 0 Å². The maximum Gasteiger partial charge on any atom is 0.214 e. The number of aliphatic hydroxyl groups is 2. The van der Waals surface area contributed by atoms with Crippen LogP contribution >= 0.6 is 0 Å². The Morgan fingerprint density at radius 1 is 1.28 bits per heavy atom. The molecule has 0 unspecified atom stereocenters. The quantitative estimate of drug-likeness (QED) is 0.470. The van der Waals surface area contributed by atoms with E-state index in [-0.39, 0.29) is 17.6 Å². The van der Waals surface area contributed by atoms with Crippen molar-refractivity contribution in [3.8, 4) is 0 Å². The van der Waals surface area contributed by atoms with Crippen molar-refractivity contribution in [3.05, 3.63) is 12.7 Å². The molecule has 4 atom stereocenters. The van der Waals surface area contributed by atoms with Gasteiger partial charge in [0.1, 0.15) is 30.2 Å². The van der Waals surface area contributed by atoms with Crippen LogP contribution in [0.1, 0.15) is 19.1 Å². The standard InChI is InChI=1S/C13H18N6O5S/c14-11-8-12(16-4-15-11)19(5-17-8)13-10(21)9(20)7(24-13)3-18-25(22,23)6-1-2-6/h4-7,9-10,13,18,20-21H,1-3H2,(H2,14,15,16)/t7-,9-,10-,13-/m1/s1. The number of nitrogens with zero attached hydrogens (tertiary/aromatic N) is 4. The van der Waals surface area contributed by atoms with Gasteiger partial charge in [0.05, 0.1) is 11.6 Å². The molecule has 1 saturated heterocycles. The first kappa shape index (κ1) is 16.6. The highest BCUT2D eigenvalue weighted by Gasteiger charge is 2.45. The number of hydrogen-bond donors (Lipinski definition) is 4. The molecule has 1 saturated carbocycles. The first-order valence-electron chi connectivity index (χ1n) is 7.81. The van der Waals surface area contributed by atoms with Gasteiger partial charge in [-0.2, -0.15) is 0 Å². The Morgan fingerprint density at radius 2 is 2.04 bits per heavy atom. The Bertz CT molecular complexity index is 897. The van der Waals surface area contributed by atoms with Crippen LogP contribution in [0, 0.1) is 0 Å². The SMILES string of the molecule is Nc1ncnc2c1ncn2[C@@H]1O[C@H](CNS(=O)(=O)C2CC2)[C@@H](O)[C@H]1O. The molecule has 0 amide bonds. The van der Waals surface area contributed by atoms with Crippen LogP contribution in [0.15, 0.2) is 12.7 Å². The van der Waals surface area contributed by atoms with Crippen molar-refractivity contribution in [1.82, 2.24) is 24.2 Å². The second-order valence-electron chi connectivity index (χ2n) is 6.22. The van der Waals surface area contributed by atoms with Gasteiger partial charge in [-0.25, -0.2) is 28.1 Å². The van der Waals surface area contributed by atoms with Crippen molar-refractivity contribution in [1.29, 1.82) is 0 Å². The summed E-state index contributed by atoms with van der Waals surface area (Å²) >= 11 is 0. The molecule has 0 radical (unpaired) electrons. The molecule has 25 heavy (non-hydrogen) atoms. The number of rotatable bonds is 5. The Kier molecular flexibility index (Phi) is 3.88. The third kappa shape index (κ3) is 2.85. The predicted octanol–water partition coefficient (Wildman–Crippen LogP) is -1.89. The molecule has 2 aromatic heterocycles. The molecule has 2 aromatic rings. The number of aromatic nitrogens is 4. The average molecular weight is 370 g/mol. The van der Waals surface area contributed by atoms with E-state index in [1.807, 2.05) is 0 Å². The summed E-state index contributed by atoms with van der Waals surface area (Å²) in [5.74, 6) is 0.186. The van der Waals surface area contributed by atoms with Crippen LogP contribution in [0.25, 0.3) is 11.2 Å². The number of imidazole rings is 1. The van der Waals surface area contributed by atoms with E-state index in [9.17, 15) is 18.6 Å². The average Bonchev–Trinajstić information content (AvgIpc) is 3.30. The molecule has 1 aliphatic carbocycles. The van der Waals surface area contributed by atoms with Gasteiger partial charge in [-0.3, -0.25) is 4.57 Å². The molecule has 5 N–H and O–H groups in total. The number of anilines is 1. The lowest BCUT2D eigenvalue weighted by Gasteiger charge is -2.16. The summed E-state index contributed by atoms with van der Waals surface area (Å²) in [4.78, 5) is 12.0. The minimum Gasteiger partial charge on any atom is -0.387 e. The molecular weight excluding hydrogens is 352 g/mol. The Labute approximate surface area is 142 Å². The third-order valence-electron chi connectivity index (χ3n) is 4.45. The molecule has 0 bridgehead atoms. The number of aliphatic hydroxyl groups excluding tert-OH is 2. The van der Waals surface area contributed by atoms with Crippen molar-refractivity contribution in [2.75, 3.05) is 12.3 Å². The maximum atomic E-state index is 11.9. The molecule has 2 fully saturated rings. The van der Waals surface area contributed by atoms with Crippen molar-refractivity contribution < 1.29 is 23.4 Å². The molecule has 0 spiro atoms. The minimum absolute atomic E-state index is 0.128. The summed E-state index contributed by atoms with van der Waals surface area (Å²) in [6.07, 6.45) is -0.488. The van der Waals surface area contributed by atoms with Gasteiger partial charge < -0.3 is 20.7 Å². The Morgan fingerprint density at radius 3 is 2.76 bits per heavy atom. The summed E-state index contributed by atoms with van der Waals surface area (Å²) in [5.41, 5.74) is 6.43. The molecule has 3 heterocycles. The van der Waals surface area contributed by atoms with Gasteiger partial charge in [0.2, 0.25) is 10.0 Å². The lowest BCUT2D eigenvalue weighted by Crippen LogP contribution is -2.40. The molecule has 4 rings (SSSR count). The van der Waals surface area contributed by atoms with Gasteiger partial charge in [0, 0.05) is 6.54 Å². The summed E-state index contributed by atoms with van der Waals surface area (Å²) in [7, 11) is -3.41. The monoisotopic (exact) mass is 370 g/mol. The van der Waals surface area contributed by atoms with Crippen molar-refractivity contribution >= 4 is 27.0 Å². The van der Waals surface area contributed by atoms with Crippen molar-refractivity contribution in [3.63, 3.8) is 0 Å². The normalized spacial score (nSPS) is 30.2. The molecule has 0 aromatic carbocycles. The topological polar surface area (TPSA) is 165 Å². The minimum atomic E-state index is -3.41. The smallest absolute Gasteiger partial charge is 0.214 e. The van der Waals surface area contributed by atoms with E-state index in [1.165, 1.54) is 17.2 Å². The number of nitrogen functional groups attached to an aromatic ring is 1. The second-order valence-corrected chi connectivity index (χ2v) is 8.27. The van der Waals surface area contributed by atoms with Gasteiger partial charge in [0.25, 0.3) is 0 Å². The van der Waals surface area contributed by atoms with Crippen molar-refractivity contribution in [2.24, 2.45) is 0 Å². The first-order valence-corrected chi connectivity index (χ1v) is 9.36. The van der Waals surface area contributed by atoms with Crippen LogP contribution in [-0.2, 0) is 14.8 Å². The first-order chi connectivity index (χ1) is 11.9. The fraction of sp³-hybridized carbons (Fsp3) is 0.615. The molecule has 11 nitrogen and oxygen atoms in total. The maximum absolute atomic E-state index is 11.9. The zero-order chi connectivity index (χ0) is 17.8. The molecule has 12 heteroatoms. The lowest BCUT2D eigenvalue weighted by atomic mass is 10.1. The number of nitrogens with two attached hydrogens (primary N) is 1. The van der Waals surface area contributed by atoms with E-state index in [0.29, 0.717) is 24.0 Å². The highest BCUT2D eigenvalue weighted by molar-refractivity contribution is 7.90. The van der Waals surface area contributed by atoms with E-state index >= 15 is 0 Å². The van der Waals surface area contributed by atoms with Gasteiger partial charge in [-0.05, 0) is 12.8 Å². The lowest BCUT2D eigenvalue weighted by molar-refractivity contribution is -0.0330. The summed E-state index contributed by atoms with van der Waals surface area (Å²) in [6, 6.07) is 0. The predicted molar refractivity (Wildman–Crippen MR) is 85.6 cm³/mol. The van der Waals surface area contributed by atoms with Crippen LogP contribution < -0.4 is 10.5 Å². The van der Waals surface area contributed by atoms with Crippen molar-refractivity contribution in [2.45, 2.75) is 42.6 Å². The van der Waals surface area contributed by atoms with Crippen LogP contribution in [0.4, 0.5) is 5.82 Å². The van der Waals surface area contributed by atoms with Gasteiger partial charge >= 0.3 is 0 Å². The van der Waals surface area contributed by atoms with E-state index in [0.717, 1.165) is 0 Å². The summed E-state index contributed by atoms with van der Waals surface area (Å²) in [6.45, 7) is -0.128. The van der Waals surface area contributed by atoms with Gasteiger partial charge in [-0.15, -0.1) is 0 Å². The van der Waals surface area contributed by atoms with Crippen LogP contribution in [0.2, 0.25) is 0 Å². The zero-order valence-corrected chi connectivity index (χ0v) is 13.9. The fourth-order valence-corrected chi connectivity index (χ4v) is 4.27. The number of fused-ring (bicyclic) bond motifs is 1. The van der Waals surface area contributed by atoms with Crippen LogP contribution in [-0.4, -0.2) is 68.3 Å². The van der Waals surface area contributed by atoms with E-state index in [2.05, 4.69) is 19.7 Å².